The van der Waals surface area contributed by atoms with E-state index in [0.717, 1.165) is 10.2 Å². The van der Waals surface area contributed by atoms with Gasteiger partial charge in [-0.3, -0.25) is 4.79 Å². The van der Waals surface area contributed by atoms with Crippen molar-refractivity contribution in [1.29, 1.82) is 0 Å². The quantitative estimate of drug-likeness (QED) is 0.790. The van der Waals surface area contributed by atoms with Gasteiger partial charge in [0.2, 0.25) is 5.91 Å². The third-order valence-electron chi connectivity index (χ3n) is 4.31. The zero-order chi connectivity index (χ0) is 15.9. The van der Waals surface area contributed by atoms with Crippen molar-refractivity contribution < 1.29 is 18.0 Å². The monoisotopic (exact) mass is 376 g/mol. The number of anilines is 1. The summed E-state index contributed by atoms with van der Waals surface area (Å²) in [6, 6.07) is 7.88. The predicted octanol–water partition coefficient (Wildman–Crippen LogP) is 3.30. The van der Waals surface area contributed by atoms with Gasteiger partial charge < -0.3 is 9.80 Å². The Bertz CT molecular complexity index is 553. The number of hydrogen-bond donors (Lipinski definition) is 0. The van der Waals surface area contributed by atoms with Crippen molar-refractivity contribution in [2.75, 3.05) is 31.1 Å². The highest BCUT2D eigenvalue weighted by Gasteiger charge is 2.59. The molecule has 0 radical (unpaired) electrons. The van der Waals surface area contributed by atoms with Crippen molar-refractivity contribution >= 4 is 27.5 Å². The second-order valence-corrected chi connectivity index (χ2v) is 6.69. The van der Waals surface area contributed by atoms with Gasteiger partial charge in [-0.15, -0.1) is 0 Å². The van der Waals surface area contributed by atoms with E-state index in [2.05, 4.69) is 20.8 Å². The second-order valence-electron chi connectivity index (χ2n) is 5.78. The summed E-state index contributed by atoms with van der Waals surface area (Å²) in [6.45, 7) is 2.26. The number of halogens is 4. The molecule has 0 N–H and O–H groups in total. The molecule has 1 aliphatic carbocycles. The van der Waals surface area contributed by atoms with E-state index in [-0.39, 0.29) is 12.3 Å². The fraction of sp³-hybridized carbons (Fsp3) is 0.533. The van der Waals surface area contributed by atoms with E-state index in [1.54, 1.807) is 4.90 Å². The number of alkyl halides is 3. The molecule has 0 unspecified atom stereocenters. The molecule has 1 aliphatic heterocycles. The van der Waals surface area contributed by atoms with E-state index in [0.29, 0.717) is 26.2 Å². The van der Waals surface area contributed by atoms with Crippen LogP contribution in [0.15, 0.2) is 28.7 Å². The van der Waals surface area contributed by atoms with Crippen molar-refractivity contribution in [3.8, 4) is 0 Å². The number of amides is 1. The number of carbonyl (C=O) groups excluding carboxylic acids is 1. The van der Waals surface area contributed by atoms with Crippen molar-refractivity contribution in [2.24, 2.45) is 11.8 Å². The minimum absolute atomic E-state index is 0.0464. The van der Waals surface area contributed by atoms with Gasteiger partial charge in [0.1, 0.15) is 0 Å². The molecule has 0 spiro atoms. The first-order chi connectivity index (χ1) is 10.4. The Balaban J connectivity index is 1.54. The van der Waals surface area contributed by atoms with Crippen LogP contribution in [0, 0.1) is 11.8 Å². The number of hydrogen-bond acceptors (Lipinski definition) is 2. The Labute approximate surface area is 135 Å². The van der Waals surface area contributed by atoms with Crippen molar-refractivity contribution in [2.45, 2.75) is 12.6 Å². The van der Waals surface area contributed by atoms with E-state index in [1.807, 2.05) is 24.3 Å². The molecule has 0 bridgehead atoms. The van der Waals surface area contributed by atoms with Gasteiger partial charge in [0.05, 0.1) is 11.8 Å². The summed E-state index contributed by atoms with van der Waals surface area (Å²) in [5.74, 6) is -2.61. The van der Waals surface area contributed by atoms with Crippen LogP contribution in [0.3, 0.4) is 0 Å². The molecule has 3 nitrogen and oxygen atoms in total. The number of nitrogens with zero attached hydrogens (tertiary/aromatic N) is 2. The van der Waals surface area contributed by atoms with Gasteiger partial charge in [-0.25, -0.2) is 0 Å². The van der Waals surface area contributed by atoms with Crippen LogP contribution in [-0.4, -0.2) is 43.2 Å². The van der Waals surface area contributed by atoms with Gasteiger partial charge in [0, 0.05) is 36.3 Å². The summed E-state index contributed by atoms with van der Waals surface area (Å²) < 4.78 is 38.7. The topological polar surface area (TPSA) is 23.6 Å². The van der Waals surface area contributed by atoms with Gasteiger partial charge in [-0.1, -0.05) is 15.9 Å². The van der Waals surface area contributed by atoms with Gasteiger partial charge in [0.15, 0.2) is 0 Å². The smallest absolute Gasteiger partial charge is 0.368 e. The van der Waals surface area contributed by atoms with Crippen molar-refractivity contribution in [3.63, 3.8) is 0 Å². The third kappa shape index (κ3) is 3.24. The first-order valence-corrected chi connectivity index (χ1v) is 8.01. The van der Waals surface area contributed by atoms with Gasteiger partial charge in [0.25, 0.3) is 0 Å². The number of benzene rings is 1. The number of carbonyl (C=O) groups is 1. The lowest BCUT2D eigenvalue weighted by Gasteiger charge is -2.36. The van der Waals surface area contributed by atoms with Crippen LogP contribution in [0.4, 0.5) is 18.9 Å². The fourth-order valence-electron chi connectivity index (χ4n) is 2.90. The van der Waals surface area contributed by atoms with Gasteiger partial charge in [-0.05, 0) is 30.7 Å². The SMILES string of the molecule is O=C([C@@H]1C[C@@H]1C(F)(F)F)N1CCN(c2ccc(Br)cc2)CC1. The number of piperazine rings is 1. The highest BCUT2D eigenvalue weighted by Crippen LogP contribution is 2.50. The molecular formula is C15H16BrF3N2O. The first kappa shape index (κ1) is 15.6. The summed E-state index contributed by atoms with van der Waals surface area (Å²) in [5.41, 5.74) is 1.06. The molecule has 22 heavy (non-hydrogen) atoms. The maximum Gasteiger partial charge on any atom is 0.392 e. The molecule has 1 saturated carbocycles. The Morgan fingerprint density at radius 3 is 2.18 bits per heavy atom. The van der Waals surface area contributed by atoms with Crippen molar-refractivity contribution in [1.82, 2.24) is 4.90 Å². The average Bonchev–Trinajstić information content (AvgIpc) is 3.28. The molecule has 1 aromatic carbocycles. The zero-order valence-electron chi connectivity index (χ0n) is 11.8. The van der Waals surface area contributed by atoms with Gasteiger partial charge in [-0.2, -0.15) is 13.2 Å². The van der Waals surface area contributed by atoms with Crippen LogP contribution in [0.25, 0.3) is 0 Å². The Hall–Kier alpha value is -1.24. The zero-order valence-corrected chi connectivity index (χ0v) is 13.4. The minimum Gasteiger partial charge on any atom is -0.368 e. The van der Waals surface area contributed by atoms with Crippen LogP contribution in [0.1, 0.15) is 6.42 Å². The molecule has 1 amide bonds. The summed E-state index contributed by atoms with van der Waals surface area (Å²) in [6.07, 6.45) is -4.28. The molecule has 3 rings (SSSR count). The maximum absolute atomic E-state index is 12.6. The molecule has 2 fully saturated rings. The van der Waals surface area contributed by atoms with E-state index < -0.39 is 18.0 Å². The van der Waals surface area contributed by atoms with Gasteiger partial charge >= 0.3 is 6.18 Å². The minimum atomic E-state index is -4.24. The van der Waals surface area contributed by atoms with Crippen LogP contribution in [0.2, 0.25) is 0 Å². The molecule has 7 heteroatoms. The third-order valence-corrected chi connectivity index (χ3v) is 4.84. The molecule has 2 aliphatic rings. The number of rotatable bonds is 2. The van der Waals surface area contributed by atoms with Crippen molar-refractivity contribution in [3.05, 3.63) is 28.7 Å². The summed E-state index contributed by atoms with van der Waals surface area (Å²) in [7, 11) is 0. The fourth-order valence-corrected chi connectivity index (χ4v) is 3.17. The average molecular weight is 377 g/mol. The highest BCUT2D eigenvalue weighted by molar-refractivity contribution is 9.10. The maximum atomic E-state index is 12.6. The largest absolute Gasteiger partial charge is 0.392 e. The van der Waals surface area contributed by atoms with Crippen LogP contribution >= 0.6 is 15.9 Å². The standard InChI is InChI=1S/C15H16BrF3N2O/c16-10-1-3-11(4-2-10)20-5-7-21(8-6-20)14(22)12-9-13(12)15(17,18)19/h1-4,12-13H,5-9H2/t12-,13+/m1/s1. The molecule has 1 heterocycles. The first-order valence-electron chi connectivity index (χ1n) is 7.22. The Morgan fingerprint density at radius 2 is 1.68 bits per heavy atom. The summed E-state index contributed by atoms with van der Waals surface area (Å²) in [5, 5.41) is 0. The molecule has 120 valence electrons. The lowest BCUT2D eigenvalue weighted by molar-refractivity contribution is -0.157. The van der Waals surface area contributed by atoms with E-state index in [1.165, 1.54) is 0 Å². The highest BCUT2D eigenvalue weighted by atomic mass is 79.9. The van der Waals surface area contributed by atoms with E-state index in [9.17, 15) is 18.0 Å². The molecule has 2 atom stereocenters. The molecule has 1 saturated heterocycles. The van der Waals surface area contributed by atoms with Crippen LogP contribution in [-0.2, 0) is 4.79 Å². The lowest BCUT2D eigenvalue weighted by atomic mass is 10.2. The van der Waals surface area contributed by atoms with E-state index >= 15 is 0 Å². The normalized spacial score (nSPS) is 25.3. The van der Waals surface area contributed by atoms with Crippen LogP contribution in [0.5, 0.6) is 0 Å². The Morgan fingerprint density at radius 1 is 1.09 bits per heavy atom. The predicted molar refractivity (Wildman–Crippen MR) is 80.6 cm³/mol. The molecular weight excluding hydrogens is 361 g/mol. The molecule has 1 aromatic rings. The Kier molecular flexibility index (Phi) is 4.09. The van der Waals surface area contributed by atoms with E-state index in [4.69, 9.17) is 0 Å². The lowest BCUT2D eigenvalue weighted by Crippen LogP contribution is -2.49. The molecule has 0 aromatic heterocycles. The summed E-state index contributed by atoms with van der Waals surface area (Å²) in [4.78, 5) is 15.8. The second kappa shape index (κ2) is 5.76. The summed E-state index contributed by atoms with van der Waals surface area (Å²) >= 11 is 3.38. The van der Waals surface area contributed by atoms with Crippen LogP contribution < -0.4 is 4.90 Å².